The molecule has 0 aliphatic rings. The van der Waals surface area contributed by atoms with Crippen molar-refractivity contribution >= 4 is 13.8 Å². The Morgan fingerprint density at radius 3 is 1.19 bits per heavy atom. The summed E-state index contributed by atoms with van der Waals surface area (Å²) in [6.07, 6.45) is 72.6. The summed E-state index contributed by atoms with van der Waals surface area (Å²) < 4.78 is 34.8. The minimum absolute atomic E-state index is 0.0176. The summed E-state index contributed by atoms with van der Waals surface area (Å²) in [5.74, 6) is -0.346. The summed E-state index contributed by atoms with van der Waals surface area (Å²) in [5, 5.41) is 0. The second-order valence-electron chi connectivity index (χ2n) is 19.2. The van der Waals surface area contributed by atoms with Gasteiger partial charge in [-0.15, -0.1) is 0 Å². The molecule has 0 saturated heterocycles. The lowest BCUT2D eigenvalue weighted by Crippen LogP contribution is -2.37. The van der Waals surface area contributed by atoms with Crippen LogP contribution in [0.2, 0.25) is 0 Å². The summed E-state index contributed by atoms with van der Waals surface area (Å²) in [6, 6.07) is 0. The fourth-order valence-electron chi connectivity index (χ4n) is 7.15. The highest BCUT2D eigenvalue weighted by atomic mass is 31.2. The Morgan fingerprint density at radius 1 is 0.449 bits per heavy atom. The predicted molar refractivity (Wildman–Crippen MR) is 295 cm³/mol. The van der Waals surface area contributed by atoms with Crippen LogP contribution in [0.4, 0.5) is 0 Å². The molecule has 2 unspecified atom stereocenters. The van der Waals surface area contributed by atoms with Crippen LogP contribution in [-0.2, 0) is 27.9 Å². The Kier molecular flexibility index (Phi) is 49.4. The van der Waals surface area contributed by atoms with E-state index in [1.54, 1.807) is 0 Å². The first kappa shape index (κ1) is 66.2. The third-order valence-corrected chi connectivity index (χ3v) is 12.3. The number of carbonyl (C=O) groups excluding carboxylic acids is 1. The average Bonchev–Trinajstić information content (AvgIpc) is 3.31. The van der Waals surface area contributed by atoms with E-state index < -0.39 is 13.9 Å². The summed E-state index contributed by atoms with van der Waals surface area (Å²) >= 11 is 0. The van der Waals surface area contributed by atoms with Crippen molar-refractivity contribution < 1.29 is 37.3 Å². The van der Waals surface area contributed by atoms with Crippen molar-refractivity contribution in [2.75, 3.05) is 54.1 Å². The highest BCUT2D eigenvalue weighted by Gasteiger charge is 2.20. The Labute approximate surface area is 425 Å². The molecule has 8 nitrogen and oxygen atoms in total. The molecular weight excluding hydrogens is 878 g/mol. The number of esters is 1. The molecule has 0 aliphatic heterocycles. The zero-order valence-electron chi connectivity index (χ0n) is 45.0. The number of rotatable bonds is 50. The van der Waals surface area contributed by atoms with Gasteiger partial charge in [0, 0.05) is 13.0 Å². The van der Waals surface area contributed by atoms with Crippen molar-refractivity contribution in [3.8, 4) is 0 Å². The lowest BCUT2D eigenvalue weighted by atomic mass is 10.1. The summed E-state index contributed by atoms with van der Waals surface area (Å²) in [6.45, 7) is 5.16. The van der Waals surface area contributed by atoms with Crippen LogP contribution < -0.4 is 4.89 Å². The van der Waals surface area contributed by atoms with E-state index in [2.05, 4.69) is 123 Å². The quantitative estimate of drug-likeness (QED) is 0.0197. The standard InChI is InChI=1S/C60H104NO7P/c1-6-8-10-12-14-16-18-20-22-24-26-28-30-31-32-33-35-37-39-41-43-45-47-49-51-53-60(62)68-59(58-67-69(63,64)66-56-54-61(3,4)5)57-65-55-52-50-48-46-44-42-40-38-36-34-29-27-25-23-21-19-17-15-13-11-9-7-2/h8-11,14-17,20-23,26-29,31-32,59H,6-7,12-13,18-19,24-25,30,33-58H2,1-5H3/b10-8-,11-9-,16-14-,17-15-,22-20-,23-21-,28-26-,29-27-,32-31-. The van der Waals surface area contributed by atoms with Crippen LogP contribution >= 0.6 is 7.82 Å². The fourth-order valence-corrected chi connectivity index (χ4v) is 7.88. The molecule has 0 saturated carbocycles. The number of hydrogen-bond acceptors (Lipinski definition) is 7. The molecule has 0 aromatic rings. The molecule has 69 heavy (non-hydrogen) atoms. The van der Waals surface area contributed by atoms with Crippen LogP contribution in [0.25, 0.3) is 0 Å². The van der Waals surface area contributed by atoms with Gasteiger partial charge in [-0.25, -0.2) is 0 Å². The zero-order valence-corrected chi connectivity index (χ0v) is 45.9. The van der Waals surface area contributed by atoms with Crippen molar-refractivity contribution in [1.29, 1.82) is 0 Å². The van der Waals surface area contributed by atoms with Crippen LogP contribution in [0.5, 0.6) is 0 Å². The van der Waals surface area contributed by atoms with Gasteiger partial charge in [0.1, 0.15) is 19.3 Å². The molecule has 0 aliphatic carbocycles. The van der Waals surface area contributed by atoms with Crippen molar-refractivity contribution in [3.05, 3.63) is 109 Å². The summed E-state index contributed by atoms with van der Waals surface area (Å²) in [5.41, 5.74) is 0. The Bertz CT molecular complexity index is 1470. The molecule has 396 valence electrons. The number of phosphoric acid groups is 1. The number of likely N-dealkylation sites (N-methyl/N-ethyl adjacent to an activating group) is 1. The van der Waals surface area contributed by atoms with Crippen LogP contribution in [0.15, 0.2) is 109 Å². The molecule has 0 heterocycles. The smallest absolute Gasteiger partial charge is 0.306 e. The normalized spacial score (nSPS) is 14.3. The molecule has 0 aromatic carbocycles. The SMILES string of the molecule is CC/C=C\C/C=C\C/C=C\C/C=C\C/C=C\CCCCCCCCCCCC(=O)OC(COCCCCCCCCCCC/C=C\C/C=C\C/C=C\C/C=C\CC)COP(=O)([O-])OCC[N+](C)(C)C. The molecule has 0 N–H and O–H groups in total. The number of carbonyl (C=O) groups is 1. The average molecular weight is 982 g/mol. The van der Waals surface area contributed by atoms with E-state index in [-0.39, 0.29) is 25.8 Å². The van der Waals surface area contributed by atoms with Gasteiger partial charge >= 0.3 is 5.97 Å². The molecule has 0 rings (SSSR count). The minimum Gasteiger partial charge on any atom is -0.756 e. The molecule has 9 heteroatoms. The molecule has 0 bridgehead atoms. The van der Waals surface area contributed by atoms with Gasteiger partial charge in [0.25, 0.3) is 7.82 Å². The van der Waals surface area contributed by atoms with E-state index in [4.69, 9.17) is 18.5 Å². The predicted octanol–water partition coefficient (Wildman–Crippen LogP) is 16.9. The summed E-state index contributed by atoms with van der Waals surface area (Å²) in [7, 11) is 1.33. The van der Waals surface area contributed by atoms with Crippen LogP contribution in [0.3, 0.4) is 0 Å². The lowest BCUT2D eigenvalue weighted by molar-refractivity contribution is -0.870. The lowest BCUT2D eigenvalue weighted by Gasteiger charge is -2.28. The molecule has 0 amide bonds. The number of unbranched alkanes of at least 4 members (excludes halogenated alkanes) is 18. The molecular formula is C60H104NO7P. The Balaban J connectivity index is 4.15. The summed E-state index contributed by atoms with van der Waals surface area (Å²) in [4.78, 5) is 25.3. The molecule has 0 spiro atoms. The zero-order chi connectivity index (χ0) is 50.5. The number of quaternary nitrogens is 1. The maximum atomic E-state index is 12.8. The third-order valence-electron chi connectivity index (χ3n) is 11.3. The maximum Gasteiger partial charge on any atom is 0.306 e. The molecule has 0 aromatic heterocycles. The van der Waals surface area contributed by atoms with Gasteiger partial charge in [-0.2, -0.15) is 0 Å². The van der Waals surface area contributed by atoms with E-state index in [9.17, 15) is 14.3 Å². The number of nitrogens with zero attached hydrogens (tertiary/aromatic N) is 1. The number of allylic oxidation sites excluding steroid dienone is 18. The van der Waals surface area contributed by atoms with E-state index in [0.29, 0.717) is 24.1 Å². The van der Waals surface area contributed by atoms with Gasteiger partial charge in [0.2, 0.25) is 0 Å². The van der Waals surface area contributed by atoms with Crippen LogP contribution in [0, 0.1) is 0 Å². The topological polar surface area (TPSA) is 94.1 Å². The monoisotopic (exact) mass is 982 g/mol. The highest BCUT2D eigenvalue weighted by Crippen LogP contribution is 2.38. The second kappa shape index (κ2) is 51.5. The first-order chi connectivity index (χ1) is 33.6. The Hall–Kier alpha value is -2.84. The second-order valence-corrected chi connectivity index (χ2v) is 20.6. The van der Waals surface area contributed by atoms with E-state index in [0.717, 1.165) is 96.3 Å². The molecule has 0 radical (unpaired) electrons. The van der Waals surface area contributed by atoms with Gasteiger partial charge in [-0.1, -0.05) is 213 Å². The number of hydrogen-bond donors (Lipinski definition) is 0. The van der Waals surface area contributed by atoms with Gasteiger partial charge in [-0.3, -0.25) is 9.36 Å². The first-order valence-electron chi connectivity index (χ1n) is 27.6. The van der Waals surface area contributed by atoms with Crippen LogP contribution in [0.1, 0.15) is 206 Å². The van der Waals surface area contributed by atoms with Crippen molar-refractivity contribution in [2.45, 2.75) is 213 Å². The minimum atomic E-state index is -4.55. The van der Waals surface area contributed by atoms with Gasteiger partial charge in [0.05, 0.1) is 34.4 Å². The van der Waals surface area contributed by atoms with E-state index in [1.807, 2.05) is 21.1 Å². The number of phosphoric ester groups is 1. The number of ether oxygens (including phenoxy) is 2. The highest BCUT2D eigenvalue weighted by molar-refractivity contribution is 7.45. The molecule has 0 fully saturated rings. The van der Waals surface area contributed by atoms with Gasteiger partial charge in [-0.05, 0) is 96.3 Å². The molecule has 2 atom stereocenters. The fraction of sp³-hybridized carbons (Fsp3) is 0.683. The van der Waals surface area contributed by atoms with Crippen molar-refractivity contribution in [2.24, 2.45) is 0 Å². The Morgan fingerprint density at radius 2 is 0.797 bits per heavy atom. The van der Waals surface area contributed by atoms with Gasteiger partial charge in [0.15, 0.2) is 0 Å². The van der Waals surface area contributed by atoms with Crippen molar-refractivity contribution in [3.63, 3.8) is 0 Å². The van der Waals surface area contributed by atoms with E-state index >= 15 is 0 Å². The van der Waals surface area contributed by atoms with Crippen LogP contribution in [-0.4, -0.2) is 70.7 Å². The van der Waals surface area contributed by atoms with Crippen molar-refractivity contribution in [1.82, 2.24) is 0 Å². The maximum absolute atomic E-state index is 12.8. The third kappa shape index (κ3) is 56.0. The first-order valence-corrected chi connectivity index (χ1v) is 29.1. The van der Waals surface area contributed by atoms with Gasteiger partial charge < -0.3 is 27.9 Å². The van der Waals surface area contributed by atoms with E-state index in [1.165, 1.54) is 89.9 Å². The largest absolute Gasteiger partial charge is 0.756 e.